The molecule has 0 N–H and O–H groups in total. The molecule has 162 valence electrons. The second-order valence-corrected chi connectivity index (χ2v) is 10.6. The highest BCUT2D eigenvalue weighted by molar-refractivity contribution is 7.19. The molecule has 1 aliphatic carbocycles. The normalized spacial score (nSPS) is 24.5. The number of piperidine rings is 1. The Bertz CT molecular complexity index is 882. The van der Waals surface area contributed by atoms with Gasteiger partial charge in [-0.2, -0.15) is 0 Å². The third-order valence-electron chi connectivity index (χ3n) is 7.33. The van der Waals surface area contributed by atoms with Gasteiger partial charge < -0.3 is 9.80 Å². The van der Waals surface area contributed by atoms with E-state index in [1.54, 1.807) is 0 Å². The Kier molecular flexibility index (Phi) is 5.96. The van der Waals surface area contributed by atoms with Crippen LogP contribution in [0.15, 0.2) is 18.3 Å². The van der Waals surface area contributed by atoms with Crippen LogP contribution in [-0.4, -0.2) is 66.0 Å². The van der Waals surface area contributed by atoms with Gasteiger partial charge in [0.05, 0.1) is 5.92 Å². The number of pyridine rings is 1. The number of piperazine rings is 1. The van der Waals surface area contributed by atoms with Gasteiger partial charge in [-0.3, -0.25) is 9.69 Å². The molecule has 6 heteroatoms. The Morgan fingerprint density at radius 3 is 2.63 bits per heavy atom. The second-order valence-electron chi connectivity index (χ2n) is 9.34. The monoisotopic (exact) mass is 426 g/mol. The number of fused-ring (bicyclic) bond motifs is 1. The maximum Gasteiger partial charge on any atom is 0.227 e. The predicted molar refractivity (Wildman–Crippen MR) is 124 cm³/mol. The third kappa shape index (κ3) is 4.09. The van der Waals surface area contributed by atoms with Crippen LogP contribution in [-0.2, 0) is 4.79 Å². The van der Waals surface area contributed by atoms with Crippen molar-refractivity contribution < 1.29 is 4.79 Å². The largest absolute Gasteiger partial charge is 0.355 e. The van der Waals surface area contributed by atoms with Crippen molar-refractivity contribution in [3.8, 4) is 0 Å². The lowest BCUT2D eigenvalue weighted by Crippen LogP contribution is -2.54. The van der Waals surface area contributed by atoms with Crippen molar-refractivity contribution >= 4 is 33.1 Å². The molecule has 0 radical (unpaired) electrons. The summed E-state index contributed by atoms with van der Waals surface area (Å²) in [4.78, 5) is 26.5. The summed E-state index contributed by atoms with van der Waals surface area (Å²) in [6.45, 7) is 7.89. The average molecular weight is 427 g/mol. The minimum absolute atomic E-state index is 0.108. The van der Waals surface area contributed by atoms with Crippen molar-refractivity contribution in [2.75, 3.05) is 44.2 Å². The molecule has 1 amide bonds. The summed E-state index contributed by atoms with van der Waals surface area (Å²) in [7, 11) is 0. The molecule has 0 aromatic carbocycles. The van der Waals surface area contributed by atoms with Gasteiger partial charge in [-0.05, 0) is 44.7 Å². The number of aromatic nitrogens is 1. The van der Waals surface area contributed by atoms with Crippen LogP contribution in [0.2, 0.25) is 0 Å². The standard InChI is InChI=1S/C24H34N4OS/c1-18-16-21-22(30-18)9-10-25-23(21)28-11-5-6-19(17-28)24(29)27-14-12-26(13-15-27)20-7-3-2-4-8-20/h9-10,16,19-20H,2-8,11-15,17H2,1H3/t19-/m0/s1. The van der Waals surface area contributed by atoms with Gasteiger partial charge in [0.15, 0.2) is 0 Å². The maximum absolute atomic E-state index is 13.3. The first-order valence-electron chi connectivity index (χ1n) is 11.8. The lowest BCUT2D eigenvalue weighted by atomic mass is 9.93. The number of amides is 1. The SMILES string of the molecule is Cc1cc2c(N3CCC[C@H](C(=O)N4CCN(C5CCCCC5)CC4)C3)nccc2s1. The van der Waals surface area contributed by atoms with Crippen LogP contribution in [0.4, 0.5) is 5.82 Å². The zero-order valence-electron chi connectivity index (χ0n) is 18.2. The van der Waals surface area contributed by atoms with Crippen molar-refractivity contribution in [2.24, 2.45) is 5.92 Å². The van der Waals surface area contributed by atoms with Gasteiger partial charge in [-0.25, -0.2) is 4.98 Å². The van der Waals surface area contributed by atoms with Crippen LogP contribution in [0.25, 0.3) is 10.1 Å². The highest BCUT2D eigenvalue weighted by Gasteiger charge is 2.33. The number of hydrogen-bond acceptors (Lipinski definition) is 5. The van der Waals surface area contributed by atoms with Gasteiger partial charge in [0.25, 0.3) is 0 Å². The highest BCUT2D eigenvalue weighted by atomic mass is 32.1. The van der Waals surface area contributed by atoms with E-state index < -0.39 is 0 Å². The Balaban J connectivity index is 1.22. The van der Waals surface area contributed by atoms with Crippen LogP contribution in [0.5, 0.6) is 0 Å². The first-order chi connectivity index (χ1) is 14.7. The molecule has 30 heavy (non-hydrogen) atoms. The third-order valence-corrected chi connectivity index (χ3v) is 8.35. The minimum Gasteiger partial charge on any atom is -0.355 e. The van der Waals surface area contributed by atoms with Crippen molar-refractivity contribution in [1.82, 2.24) is 14.8 Å². The topological polar surface area (TPSA) is 39.7 Å². The Labute approximate surface area is 184 Å². The maximum atomic E-state index is 13.3. The van der Waals surface area contributed by atoms with E-state index in [2.05, 4.69) is 33.8 Å². The molecule has 2 aliphatic heterocycles. The molecule has 5 nitrogen and oxygen atoms in total. The molecular formula is C24H34N4OS. The zero-order chi connectivity index (χ0) is 20.5. The molecule has 5 rings (SSSR count). The lowest BCUT2D eigenvalue weighted by molar-refractivity contribution is -0.138. The summed E-state index contributed by atoms with van der Waals surface area (Å²) in [5.74, 6) is 1.55. The van der Waals surface area contributed by atoms with E-state index in [-0.39, 0.29) is 5.92 Å². The van der Waals surface area contributed by atoms with Gasteiger partial charge in [-0.15, -0.1) is 11.3 Å². The quantitative estimate of drug-likeness (QED) is 0.734. The molecule has 4 heterocycles. The minimum atomic E-state index is 0.108. The van der Waals surface area contributed by atoms with E-state index in [0.29, 0.717) is 5.91 Å². The Morgan fingerprint density at radius 2 is 1.83 bits per heavy atom. The molecule has 3 aliphatic rings. The summed E-state index contributed by atoms with van der Waals surface area (Å²) >= 11 is 1.83. The summed E-state index contributed by atoms with van der Waals surface area (Å²) in [5, 5.41) is 1.24. The van der Waals surface area contributed by atoms with Crippen LogP contribution in [0, 0.1) is 12.8 Å². The van der Waals surface area contributed by atoms with Crippen molar-refractivity contribution in [3.05, 3.63) is 23.2 Å². The lowest BCUT2D eigenvalue weighted by Gasteiger charge is -2.42. The molecule has 1 saturated carbocycles. The first kappa shape index (κ1) is 20.3. The number of thiophene rings is 1. The molecule has 0 spiro atoms. The molecule has 3 fully saturated rings. The van der Waals surface area contributed by atoms with Gasteiger partial charge in [0.1, 0.15) is 5.82 Å². The summed E-state index contributed by atoms with van der Waals surface area (Å²) in [6.07, 6.45) is 10.9. The molecule has 2 aromatic rings. The number of carbonyl (C=O) groups is 1. The number of hydrogen-bond donors (Lipinski definition) is 0. The van der Waals surface area contributed by atoms with Gasteiger partial charge in [0.2, 0.25) is 5.91 Å². The van der Waals surface area contributed by atoms with Crippen molar-refractivity contribution in [3.63, 3.8) is 0 Å². The average Bonchev–Trinajstić information content (AvgIpc) is 3.19. The molecule has 2 saturated heterocycles. The molecule has 2 aromatic heterocycles. The van der Waals surface area contributed by atoms with E-state index in [9.17, 15) is 4.79 Å². The predicted octanol–water partition coefficient (Wildman–Crippen LogP) is 4.30. The fraction of sp³-hybridized carbons (Fsp3) is 0.667. The smallest absolute Gasteiger partial charge is 0.227 e. The second kappa shape index (κ2) is 8.83. The molecular weight excluding hydrogens is 392 g/mol. The van der Waals surface area contributed by atoms with E-state index in [0.717, 1.165) is 64.0 Å². The van der Waals surface area contributed by atoms with E-state index in [1.807, 2.05) is 17.5 Å². The van der Waals surface area contributed by atoms with E-state index in [1.165, 1.54) is 47.1 Å². The molecule has 0 unspecified atom stereocenters. The Hall–Kier alpha value is -1.66. The van der Waals surface area contributed by atoms with Crippen LogP contribution < -0.4 is 4.90 Å². The van der Waals surface area contributed by atoms with Crippen LogP contribution in [0.3, 0.4) is 0 Å². The number of carbonyl (C=O) groups excluding carboxylic acids is 1. The molecule has 0 bridgehead atoms. The fourth-order valence-electron chi connectivity index (χ4n) is 5.71. The van der Waals surface area contributed by atoms with Gasteiger partial charge >= 0.3 is 0 Å². The van der Waals surface area contributed by atoms with Gasteiger partial charge in [-0.1, -0.05) is 19.3 Å². The summed E-state index contributed by atoms with van der Waals surface area (Å²) in [5.41, 5.74) is 0. The molecule has 1 atom stereocenters. The number of anilines is 1. The van der Waals surface area contributed by atoms with Crippen molar-refractivity contribution in [2.45, 2.75) is 57.9 Å². The highest BCUT2D eigenvalue weighted by Crippen LogP contribution is 2.33. The number of nitrogens with zero attached hydrogens (tertiary/aromatic N) is 4. The van der Waals surface area contributed by atoms with Crippen molar-refractivity contribution in [1.29, 1.82) is 0 Å². The van der Waals surface area contributed by atoms with Crippen LogP contribution in [0.1, 0.15) is 49.8 Å². The van der Waals surface area contributed by atoms with Crippen LogP contribution >= 0.6 is 11.3 Å². The fourth-order valence-corrected chi connectivity index (χ4v) is 6.62. The first-order valence-corrected chi connectivity index (χ1v) is 12.6. The summed E-state index contributed by atoms with van der Waals surface area (Å²) in [6, 6.07) is 5.12. The number of aryl methyl sites for hydroxylation is 1. The van der Waals surface area contributed by atoms with E-state index in [4.69, 9.17) is 4.98 Å². The van der Waals surface area contributed by atoms with Gasteiger partial charge in [0, 0.05) is 66.5 Å². The zero-order valence-corrected chi connectivity index (χ0v) is 19.0. The number of rotatable bonds is 3. The van der Waals surface area contributed by atoms with E-state index >= 15 is 0 Å². The summed E-state index contributed by atoms with van der Waals surface area (Å²) < 4.78 is 1.30. The Morgan fingerprint density at radius 1 is 1.03 bits per heavy atom.